The first-order valence-corrected chi connectivity index (χ1v) is 12.5. The van der Waals surface area contributed by atoms with Gasteiger partial charge in [-0.3, -0.25) is 0 Å². The summed E-state index contributed by atoms with van der Waals surface area (Å²) in [5, 5.41) is 18.7. The summed E-state index contributed by atoms with van der Waals surface area (Å²) >= 11 is 0. The Hall–Kier alpha value is -3.02. The Balaban J connectivity index is 1.70. The van der Waals surface area contributed by atoms with E-state index >= 15 is 0 Å². The highest BCUT2D eigenvalue weighted by atomic mass is 16.5. The fraction of sp³-hybridized carbons (Fsp3) is 0.500. The zero-order valence-corrected chi connectivity index (χ0v) is 20.3. The summed E-state index contributed by atoms with van der Waals surface area (Å²) in [7, 11) is 0. The molecule has 0 heterocycles. The predicted octanol–water partition coefficient (Wildman–Crippen LogP) is 7.00. The largest absolute Gasteiger partial charge is 0.493 e. The number of rotatable bonds is 18. The van der Waals surface area contributed by atoms with Crippen molar-refractivity contribution in [3.8, 4) is 11.5 Å². The molecule has 0 aliphatic heterocycles. The molecule has 2 aromatic carbocycles. The van der Waals surface area contributed by atoms with E-state index in [0.29, 0.717) is 24.7 Å². The second-order valence-electron chi connectivity index (χ2n) is 8.57. The lowest BCUT2D eigenvalue weighted by molar-refractivity contribution is 0.0681. The molecule has 2 N–H and O–H groups in total. The first-order valence-electron chi connectivity index (χ1n) is 12.5. The van der Waals surface area contributed by atoms with Gasteiger partial charge in [0.1, 0.15) is 22.6 Å². The lowest BCUT2D eigenvalue weighted by atomic mass is 10.0. The smallest absolute Gasteiger partial charge is 0.339 e. The summed E-state index contributed by atoms with van der Waals surface area (Å²) in [6.07, 6.45) is 11.6. The third kappa shape index (κ3) is 9.86. The number of carboxylic acid groups (broad SMARTS) is 2. The Kier molecular flexibility index (Phi) is 12.6. The van der Waals surface area contributed by atoms with Crippen LogP contribution in [0.4, 0.5) is 0 Å². The van der Waals surface area contributed by atoms with Gasteiger partial charge in [-0.2, -0.15) is 0 Å². The first-order chi connectivity index (χ1) is 16.5. The van der Waals surface area contributed by atoms with Gasteiger partial charge in [0.2, 0.25) is 0 Å². The number of carbonyl (C=O) groups is 2. The summed E-state index contributed by atoms with van der Waals surface area (Å²) in [5.74, 6) is -1.08. The molecule has 0 aromatic heterocycles. The van der Waals surface area contributed by atoms with Gasteiger partial charge in [0.05, 0.1) is 13.2 Å². The van der Waals surface area contributed by atoms with Gasteiger partial charge in [0.25, 0.3) is 0 Å². The van der Waals surface area contributed by atoms with Crippen LogP contribution >= 0.6 is 0 Å². The van der Waals surface area contributed by atoms with E-state index in [0.717, 1.165) is 50.5 Å². The van der Waals surface area contributed by atoms with E-state index < -0.39 is 11.9 Å². The Labute approximate surface area is 202 Å². The lowest BCUT2D eigenvalue weighted by Crippen LogP contribution is -2.05. The second-order valence-corrected chi connectivity index (χ2v) is 8.57. The van der Waals surface area contributed by atoms with Gasteiger partial charge in [0, 0.05) is 0 Å². The average Bonchev–Trinajstić information content (AvgIpc) is 2.83. The number of aromatic carboxylic acids is 2. The van der Waals surface area contributed by atoms with Crippen molar-refractivity contribution >= 4 is 11.9 Å². The van der Waals surface area contributed by atoms with Crippen LogP contribution in [0.2, 0.25) is 0 Å². The summed E-state index contributed by atoms with van der Waals surface area (Å²) < 4.78 is 11.5. The Morgan fingerprint density at radius 3 is 1.91 bits per heavy atom. The van der Waals surface area contributed by atoms with Gasteiger partial charge in [-0.15, -0.1) is 0 Å². The predicted molar refractivity (Wildman–Crippen MR) is 133 cm³/mol. The average molecular weight is 471 g/mol. The molecule has 186 valence electrons. The SMILES string of the molecule is CCCCCCCCOc1cc(CCCCCCOc2ccccc2C(=O)O)ccc1C(=O)O. The highest BCUT2D eigenvalue weighted by Gasteiger charge is 2.12. The molecule has 0 bridgehead atoms. The molecule has 0 spiro atoms. The van der Waals surface area contributed by atoms with E-state index in [1.807, 2.05) is 12.1 Å². The zero-order chi connectivity index (χ0) is 24.6. The normalized spacial score (nSPS) is 10.7. The van der Waals surface area contributed by atoms with E-state index in [1.165, 1.54) is 25.7 Å². The fourth-order valence-electron chi connectivity index (χ4n) is 3.82. The van der Waals surface area contributed by atoms with Crippen molar-refractivity contribution in [1.82, 2.24) is 0 Å². The van der Waals surface area contributed by atoms with E-state index in [4.69, 9.17) is 9.47 Å². The molecule has 0 saturated heterocycles. The number of para-hydroxylation sites is 1. The summed E-state index contributed by atoms with van der Waals surface area (Å²) in [4.78, 5) is 22.8. The standard InChI is InChI=1S/C28H38O6/c1-2-3-4-5-7-12-20-34-26-21-22(17-18-24(26)28(31)32)14-9-6-8-13-19-33-25-16-11-10-15-23(25)27(29)30/h10-11,15-18,21H,2-9,12-14,19-20H2,1H3,(H,29,30)(H,31,32). The van der Waals surface area contributed by atoms with Gasteiger partial charge in [-0.1, -0.05) is 70.1 Å². The van der Waals surface area contributed by atoms with Crippen LogP contribution in [0, 0.1) is 0 Å². The lowest BCUT2D eigenvalue weighted by Gasteiger charge is -2.12. The molecule has 0 radical (unpaired) electrons. The number of benzene rings is 2. The maximum absolute atomic E-state index is 11.5. The molecule has 0 fully saturated rings. The van der Waals surface area contributed by atoms with Crippen molar-refractivity contribution in [2.75, 3.05) is 13.2 Å². The van der Waals surface area contributed by atoms with E-state index in [1.54, 1.807) is 30.3 Å². The molecule has 0 aliphatic rings. The van der Waals surface area contributed by atoms with Crippen molar-refractivity contribution in [2.24, 2.45) is 0 Å². The molecule has 6 heteroatoms. The van der Waals surface area contributed by atoms with Crippen LogP contribution in [0.1, 0.15) is 97.4 Å². The zero-order valence-electron chi connectivity index (χ0n) is 20.3. The molecule has 34 heavy (non-hydrogen) atoms. The topological polar surface area (TPSA) is 93.1 Å². The quantitative estimate of drug-likeness (QED) is 0.228. The minimum absolute atomic E-state index is 0.182. The number of unbranched alkanes of at least 4 members (excludes halogenated alkanes) is 8. The Morgan fingerprint density at radius 2 is 1.24 bits per heavy atom. The molecule has 2 rings (SSSR count). The van der Waals surface area contributed by atoms with Gasteiger partial charge in [0.15, 0.2) is 0 Å². The summed E-state index contributed by atoms with van der Waals surface area (Å²) in [6.45, 7) is 3.22. The summed E-state index contributed by atoms with van der Waals surface area (Å²) in [6, 6.07) is 12.0. The summed E-state index contributed by atoms with van der Waals surface area (Å²) in [5.41, 5.74) is 1.48. The fourth-order valence-corrected chi connectivity index (χ4v) is 3.82. The number of hydrogen-bond acceptors (Lipinski definition) is 4. The third-order valence-corrected chi connectivity index (χ3v) is 5.77. The highest BCUT2D eigenvalue weighted by Crippen LogP contribution is 2.23. The molecule has 0 amide bonds. The van der Waals surface area contributed by atoms with Gasteiger partial charge < -0.3 is 19.7 Å². The van der Waals surface area contributed by atoms with Crippen LogP contribution < -0.4 is 9.47 Å². The van der Waals surface area contributed by atoms with Crippen molar-refractivity contribution < 1.29 is 29.3 Å². The van der Waals surface area contributed by atoms with Crippen LogP contribution in [0.15, 0.2) is 42.5 Å². The van der Waals surface area contributed by atoms with Crippen LogP contribution in [-0.2, 0) is 6.42 Å². The van der Waals surface area contributed by atoms with E-state index in [-0.39, 0.29) is 11.1 Å². The van der Waals surface area contributed by atoms with Crippen LogP contribution in [0.3, 0.4) is 0 Å². The number of hydrogen-bond donors (Lipinski definition) is 2. The molecule has 0 atom stereocenters. The van der Waals surface area contributed by atoms with Gasteiger partial charge >= 0.3 is 11.9 Å². The molecular formula is C28H38O6. The minimum atomic E-state index is -0.986. The maximum Gasteiger partial charge on any atom is 0.339 e. The molecular weight excluding hydrogens is 432 g/mol. The van der Waals surface area contributed by atoms with E-state index in [2.05, 4.69) is 6.92 Å². The number of aryl methyl sites for hydroxylation is 1. The highest BCUT2D eigenvalue weighted by molar-refractivity contribution is 5.91. The van der Waals surface area contributed by atoms with E-state index in [9.17, 15) is 19.8 Å². The molecule has 0 saturated carbocycles. The Bertz CT molecular complexity index is 892. The number of carboxylic acids is 2. The third-order valence-electron chi connectivity index (χ3n) is 5.77. The molecule has 2 aromatic rings. The first kappa shape index (κ1) is 27.2. The molecule has 0 aliphatic carbocycles. The van der Waals surface area contributed by atoms with Gasteiger partial charge in [-0.05, 0) is 55.5 Å². The maximum atomic E-state index is 11.5. The van der Waals surface area contributed by atoms with Crippen molar-refractivity contribution in [1.29, 1.82) is 0 Å². The van der Waals surface area contributed by atoms with Crippen molar-refractivity contribution in [3.05, 3.63) is 59.2 Å². The second kappa shape index (κ2) is 15.8. The van der Waals surface area contributed by atoms with Crippen LogP contribution in [0.25, 0.3) is 0 Å². The minimum Gasteiger partial charge on any atom is -0.493 e. The monoisotopic (exact) mass is 470 g/mol. The molecule has 0 unspecified atom stereocenters. The number of ether oxygens (including phenoxy) is 2. The van der Waals surface area contributed by atoms with Crippen LogP contribution in [0.5, 0.6) is 11.5 Å². The van der Waals surface area contributed by atoms with Crippen LogP contribution in [-0.4, -0.2) is 35.4 Å². The molecule has 6 nitrogen and oxygen atoms in total. The van der Waals surface area contributed by atoms with Crippen molar-refractivity contribution in [2.45, 2.75) is 77.6 Å². The van der Waals surface area contributed by atoms with Crippen molar-refractivity contribution in [3.63, 3.8) is 0 Å². The Morgan fingerprint density at radius 1 is 0.676 bits per heavy atom. The van der Waals surface area contributed by atoms with Gasteiger partial charge in [-0.25, -0.2) is 9.59 Å².